The average Bonchev–Trinajstić information content (AvgIpc) is 2.91. The normalized spacial score (nSPS) is 24.5. The molecule has 0 aromatic rings. The second kappa shape index (κ2) is 6.00. The summed E-state index contributed by atoms with van der Waals surface area (Å²) in [5.41, 5.74) is 0. The highest BCUT2D eigenvalue weighted by molar-refractivity contribution is 7.84. The lowest BCUT2D eigenvalue weighted by Crippen LogP contribution is -2.20. The third kappa shape index (κ3) is 4.64. The third-order valence-electron chi connectivity index (χ3n) is 3.46. The third-order valence-corrected chi connectivity index (χ3v) is 5.04. The van der Waals surface area contributed by atoms with Crippen molar-refractivity contribution < 1.29 is 4.21 Å². The molecule has 1 unspecified atom stereocenters. The summed E-state index contributed by atoms with van der Waals surface area (Å²) in [6.45, 7) is 1.07. The van der Waals surface area contributed by atoms with Crippen molar-refractivity contribution in [3.63, 3.8) is 0 Å². The molecule has 0 aromatic heterocycles. The summed E-state index contributed by atoms with van der Waals surface area (Å²) in [6, 6.07) is 0.799. The van der Waals surface area contributed by atoms with Crippen molar-refractivity contribution >= 4 is 10.8 Å². The van der Waals surface area contributed by atoms with Gasteiger partial charge in [-0.25, -0.2) is 0 Å². The minimum absolute atomic E-state index is 0.544. The van der Waals surface area contributed by atoms with Crippen LogP contribution in [0.15, 0.2) is 0 Å². The summed E-state index contributed by atoms with van der Waals surface area (Å²) in [5.74, 6) is 2.67. The first-order valence-corrected chi connectivity index (χ1v) is 7.92. The topological polar surface area (TPSA) is 29.1 Å². The molecule has 0 amide bonds. The maximum atomic E-state index is 11.7. The van der Waals surface area contributed by atoms with Gasteiger partial charge in [-0.15, -0.1) is 0 Å². The van der Waals surface area contributed by atoms with E-state index in [4.69, 9.17) is 0 Å². The summed E-state index contributed by atoms with van der Waals surface area (Å²) in [6.07, 6.45) is 9.18. The number of rotatable bonds is 7. The average molecular weight is 229 g/mol. The minimum atomic E-state index is -0.544. The van der Waals surface area contributed by atoms with Crippen molar-refractivity contribution in [2.75, 3.05) is 18.1 Å². The molecule has 0 aliphatic heterocycles. The van der Waals surface area contributed by atoms with Gasteiger partial charge in [-0.05, 0) is 44.6 Å². The van der Waals surface area contributed by atoms with Crippen molar-refractivity contribution in [3.05, 3.63) is 0 Å². The van der Waals surface area contributed by atoms with E-state index in [1.54, 1.807) is 0 Å². The fraction of sp³-hybridized carbons (Fsp3) is 1.00. The van der Waals surface area contributed by atoms with Gasteiger partial charge in [0.05, 0.1) is 0 Å². The summed E-state index contributed by atoms with van der Waals surface area (Å²) >= 11 is 0. The second-order valence-electron chi connectivity index (χ2n) is 5.04. The van der Waals surface area contributed by atoms with E-state index < -0.39 is 10.8 Å². The van der Waals surface area contributed by atoms with Gasteiger partial charge in [0.15, 0.2) is 0 Å². The number of nitrogens with one attached hydrogen (secondary N) is 1. The molecule has 2 fully saturated rings. The highest BCUT2D eigenvalue weighted by Crippen LogP contribution is 2.25. The van der Waals surface area contributed by atoms with Gasteiger partial charge in [-0.3, -0.25) is 4.21 Å². The lowest BCUT2D eigenvalue weighted by molar-refractivity contribution is 0.601. The molecule has 0 heterocycles. The second-order valence-corrected chi connectivity index (χ2v) is 6.66. The Morgan fingerprint density at radius 2 is 1.87 bits per heavy atom. The Bertz CT molecular complexity index is 210. The van der Waals surface area contributed by atoms with Crippen LogP contribution in [-0.4, -0.2) is 28.3 Å². The molecule has 3 heteroatoms. The van der Waals surface area contributed by atoms with E-state index in [1.807, 2.05) is 0 Å². The van der Waals surface area contributed by atoms with Crippen LogP contribution in [0.5, 0.6) is 0 Å². The Balaban J connectivity index is 1.47. The molecule has 0 radical (unpaired) electrons. The largest absolute Gasteiger partial charge is 0.314 e. The zero-order valence-corrected chi connectivity index (χ0v) is 10.4. The van der Waals surface area contributed by atoms with Crippen LogP contribution < -0.4 is 5.32 Å². The van der Waals surface area contributed by atoms with Crippen LogP contribution in [0.2, 0.25) is 0 Å². The first-order valence-electron chi connectivity index (χ1n) is 6.43. The van der Waals surface area contributed by atoms with Crippen molar-refractivity contribution in [1.82, 2.24) is 5.32 Å². The van der Waals surface area contributed by atoms with Crippen molar-refractivity contribution in [2.45, 2.75) is 51.0 Å². The van der Waals surface area contributed by atoms with Crippen molar-refractivity contribution in [3.8, 4) is 0 Å². The molecule has 1 atom stereocenters. The highest BCUT2D eigenvalue weighted by atomic mass is 32.2. The van der Waals surface area contributed by atoms with Crippen LogP contribution in [0, 0.1) is 5.92 Å². The summed E-state index contributed by atoms with van der Waals surface area (Å²) in [5, 5.41) is 3.47. The molecule has 0 aromatic carbocycles. The molecule has 88 valence electrons. The summed E-state index contributed by atoms with van der Waals surface area (Å²) in [4.78, 5) is 0. The Morgan fingerprint density at radius 3 is 2.53 bits per heavy atom. The van der Waals surface area contributed by atoms with Crippen LogP contribution in [0.1, 0.15) is 44.9 Å². The lowest BCUT2D eigenvalue weighted by Gasteiger charge is -2.08. The van der Waals surface area contributed by atoms with E-state index in [0.29, 0.717) is 0 Å². The van der Waals surface area contributed by atoms with Crippen LogP contribution in [0.25, 0.3) is 0 Å². The molecule has 0 spiro atoms. The zero-order chi connectivity index (χ0) is 10.5. The maximum Gasteiger partial charge on any atom is 0.0263 e. The van der Waals surface area contributed by atoms with E-state index in [0.717, 1.165) is 36.4 Å². The van der Waals surface area contributed by atoms with Gasteiger partial charge >= 0.3 is 0 Å². The van der Waals surface area contributed by atoms with Crippen LogP contribution in [-0.2, 0) is 10.8 Å². The molecule has 1 N–H and O–H groups in total. The summed E-state index contributed by atoms with van der Waals surface area (Å²) in [7, 11) is -0.544. The van der Waals surface area contributed by atoms with Crippen LogP contribution in [0.3, 0.4) is 0 Å². The monoisotopic (exact) mass is 229 g/mol. The SMILES string of the molecule is O=S(CCCNC1CC1)CC1CCCC1. The van der Waals surface area contributed by atoms with Crippen LogP contribution >= 0.6 is 0 Å². The predicted octanol–water partition coefficient (Wildman–Crippen LogP) is 2.07. The minimum Gasteiger partial charge on any atom is -0.314 e. The van der Waals surface area contributed by atoms with Gasteiger partial charge in [-0.2, -0.15) is 0 Å². The molecule has 0 saturated heterocycles. The molecule has 2 aliphatic rings. The Labute approximate surface area is 95.7 Å². The summed E-state index contributed by atoms with van der Waals surface area (Å²) < 4.78 is 11.7. The highest BCUT2D eigenvalue weighted by Gasteiger charge is 2.20. The molecule has 2 rings (SSSR count). The van der Waals surface area contributed by atoms with E-state index in [2.05, 4.69) is 5.32 Å². The maximum absolute atomic E-state index is 11.7. The quantitative estimate of drug-likeness (QED) is 0.677. The molecular formula is C12H23NOS. The van der Waals surface area contributed by atoms with Gasteiger partial charge in [0.1, 0.15) is 0 Å². The van der Waals surface area contributed by atoms with E-state index in [1.165, 1.54) is 38.5 Å². The zero-order valence-electron chi connectivity index (χ0n) is 9.54. The molecule has 2 saturated carbocycles. The molecule has 0 bridgehead atoms. The smallest absolute Gasteiger partial charge is 0.0263 e. The standard InChI is InChI=1S/C12H23NOS/c14-15(10-11-4-1-2-5-11)9-3-8-13-12-6-7-12/h11-13H,1-10H2. The Kier molecular flexibility index (Phi) is 4.63. The number of hydrogen-bond acceptors (Lipinski definition) is 2. The van der Waals surface area contributed by atoms with E-state index in [9.17, 15) is 4.21 Å². The van der Waals surface area contributed by atoms with Gasteiger partial charge in [0, 0.05) is 28.3 Å². The van der Waals surface area contributed by atoms with Crippen molar-refractivity contribution in [1.29, 1.82) is 0 Å². The fourth-order valence-corrected chi connectivity index (χ4v) is 3.84. The molecule has 2 aliphatic carbocycles. The van der Waals surface area contributed by atoms with Crippen LogP contribution in [0.4, 0.5) is 0 Å². The first-order chi connectivity index (χ1) is 7.34. The Hall–Kier alpha value is 0.110. The number of hydrogen-bond donors (Lipinski definition) is 1. The fourth-order valence-electron chi connectivity index (χ4n) is 2.35. The molecule has 15 heavy (non-hydrogen) atoms. The molecular weight excluding hydrogens is 206 g/mol. The lowest BCUT2D eigenvalue weighted by atomic mass is 10.1. The van der Waals surface area contributed by atoms with Gasteiger partial charge in [0.25, 0.3) is 0 Å². The predicted molar refractivity (Wildman–Crippen MR) is 65.5 cm³/mol. The molecule has 2 nitrogen and oxygen atoms in total. The van der Waals surface area contributed by atoms with Gasteiger partial charge in [-0.1, -0.05) is 12.8 Å². The first kappa shape index (κ1) is 11.6. The van der Waals surface area contributed by atoms with E-state index in [-0.39, 0.29) is 0 Å². The van der Waals surface area contributed by atoms with E-state index >= 15 is 0 Å². The van der Waals surface area contributed by atoms with Gasteiger partial charge in [0.2, 0.25) is 0 Å². The van der Waals surface area contributed by atoms with Crippen molar-refractivity contribution in [2.24, 2.45) is 5.92 Å². The Morgan fingerprint density at radius 1 is 1.13 bits per heavy atom. The van der Waals surface area contributed by atoms with Gasteiger partial charge < -0.3 is 5.32 Å².